The molecule has 0 bridgehead atoms. The van der Waals surface area contributed by atoms with E-state index >= 15 is 0 Å². The fraction of sp³-hybridized carbons (Fsp3) is 0.200. The maximum absolute atomic E-state index is 12.4. The second kappa shape index (κ2) is 7.53. The Morgan fingerprint density at radius 3 is 2.56 bits per heavy atom. The SMILES string of the molecule is CCc1ccc(-c2nc(C(=O)NCc3ccccc3Cl)c(C)o2)cc1. The van der Waals surface area contributed by atoms with E-state index in [4.69, 9.17) is 16.0 Å². The van der Waals surface area contributed by atoms with Gasteiger partial charge in [-0.2, -0.15) is 0 Å². The fourth-order valence-electron chi connectivity index (χ4n) is 2.51. The highest BCUT2D eigenvalue weighted by Crippen LogP contribution is 2.22. The van der Waals surface area contributed by atoms with Crippen LogP contribution in [0.1, 0.15) is 34.3 Å². The number of hydrogen-bond acceptors (Lipinski definition) is 3. The van der Waals surface area contributed by atoms with Crippen LogP contribution in [0.4, 0.5) is 0 Å². The van der Waals surface area contributed by atoms with Gasteiger partial charge in [0, 0.05) is 17.1 Å². The second-order valence-corrected chi connectivity index (χ2v) is 6.16. The van der Waals surface area contributed by atoms with E-state index in [1.807, 2.05) is 42.5 Å². The lowest BCUT2D eigenvalue weighted by atomic mass is 10.1. The molecule has 0 fully saturated rings. The first-order valence-corrected chi connectivity index (χ1v) is 8.54. The van der Waals surface area contributed by atoms with Crippen LogP contribution >= 0.6 is 11.6 Å². The zero-order valence-electron chi connectivity index (χ0n) is 14.2. The summed E-state index contributed by atoms with van der Waals surface area (Å²) < 4.78 is 5.67. The summed E-state index contributed by atoms with van der Waals surface area (Å²) >= 11 is 6.11. The minimum atomic E-state index is -0.280. The van der Waals surface area contributed by atoms with E-state index in [9.17, 15) is 4.79 Å². The molecule has 0 saturated carbocycles. The van der Waals surface area contributed by atoms with Crippen LogP contribution in [0.2, 0.25) is 5.02 Å². The van der Waals surface area contributed by atoms with Crippen LogP contribution in [-0.2, 0) is 13.0 Å². The molecule has 0 saturated heterocycles. The average Bonchev–Trinajstić information content (AvgIpc) is 3.03. The quantitative estimate of drug-likeness (QED) is 0.716. The van der Waals surface area contributed by atoms with Crippen molar-refractivity contribution in [1.82, 2.24) is 10.3 Å². The van der Waals surface area contributed by atoms with E-state index < -0.39 is 0 Å². The zero-order valence-corrected chi connectivity index (χ0v) is 14.9. The van der Waals surface area contributed by atoms with Crippen molar-refractivity contribution in [3.05, 3.63) is 76.1 Å². The van der Waals surface area contributed by atoms with Crippen molar-refractivity contribution in [1.29, 1.82) is 0 Å². The molecule has 0 aliphatic heterocycles. The van der Waals surface area contributed by atoms with Gasteiger partial charge in [0.25, 0.3) is 5.91 Å². The molecule has 1 N–H and O–H groups in total. The number of nitrogens with one attached hydrogen (secondary N) is 1. The number of aromatic nitrogens is 1. The molecule has 25 heavy (non-hydrogen) atoms. The van der Waals surface area contributed by atoms with E-state index in [2.05, 4.69) is 17.2 Å². The number of oxazole rings is 1. The zero-order chi connectivity index (χ0) is 17.8. The van der Waals surface area contributed by atoms with E-state index in [0.717, 1.165) is 17.5 Å². The largest absolute Gasteiger partial charge is 0.441 e. The number of carbonyl (C=O) groups is 1. The topological polar surface area (TPSA) is 55.1 Å². The molecule has 1 heterocycles. The highest BCUT2D eigenvalue weighted by molar-refractivity contribution is 6.31. The number of carbonyl (C=O) groups excluding carboxylic acids is 1. The lowest BCUT2D eigenvalue weighted by molar-refractivity contribution is 0.0945. The number of benzene rings is 2. The van der Waals surface area contributed by atoms with Crippen LogP contribution in [0.5, 0.6) is 0 Å². The van der Waals surface area contributed by atoms with Gasteiger partial charge in [-0.05, 0) is 42.7 Å². The van der Waals surface area contributed by atoms with Crippen molar-refractivity contribution in [3.8, 4) is 11.5 Å². The minimum absolute atomic E-state index is 0.280. The Kier molecular flexibility index (Phi) is 5.19. The van der Waals surface area contributed by atoms with E-state index in [-0.39, 0.29) is 5.91 Å². The van der Waals surface area contributed by atoms with Gasteiger partial charge in [-0.15, -0.1) is 0 Å². The fourth-order valence-corrected chi connectivity index (χ4v) is 2.72. The van der Waals surface area contributed by atoms with Gasteiger partial charge >= 0.3 is 0 Å². The summed E-state index contributed by atoms with van der Waals surface area (Å²) in [6.45, 7) is 4.18. The third kappa shape index (κ3) is 3.91. The van der Waals surface area contributed by atoms with E-state index in [0.29, 0.717) is 28.9 Å². The van der Waals surface area contributed by atoms with Crippen LogP contribution in [0.15, 0.2) is 52.9 Å². The van der Waals surface area contributed by atoms with Crippen molar-refractivity contribution in [3.63, 3.8) is 0 Å². The number of aryl methyl sites for hydroxylation is 2. The van der Waals surface area contributed by atoms with Gasteiger partial charge in [0.15, 0.2) is 5.69 Å². The summed E-state index contributed by atoms with van der Waals surface area (Å²) in [5.74, 6) is 0.659. The summed E-state index contributed by atoms with van der Waals surface area (Å²) in [5, 5.41) is 3.46. The van der Waals surface area contributed by atoms with Crippen molar-refractivity contribution < 1.29 is 9.21 Å². The highest BCUT2D eigenvalue weighted by atomic mass is 35.5. The second-order valence-electron chi connectivity index (χ2n) is 5.75. The first-order valence-electron chi connectivity index (χ1n) is 8.17. The maximum atomic E-state index is 12.4. The maximum Gasteiger partial charge on any atom is 0.273 e. The molecule has 0 unspecified atom stereocenters. The van der Waals surface area contributed by atoms with E-state index in [1.165, 1.54) is 5.56 Å². The minimum Gasteiger partial charge on any atom is -0.441 e. The van der Waals surface area contributed by atoms with Gasteiger partial charge < -0.3 is 9.73 Å². The van der Waals surface area contributed by atoms with Gasteiger partial charge in [0.05, 0.1) is 0 Å². The Morgan fingerprint density at radius 2 is 1.88 bits per heavy atom. The van der Waals surface area contributed by atoms with Crippen molar-refractivity contribution in [2.24, 2.45) is 0 Å². The lowest BCUT2D eigenvalue weighted by Crippen LogP contribution is -2.24. The van der Waals surface area contributed by atoms with Crippen LogP contribution in [0.3, 0.4) is 0 Å². The molecule has 0 radical (unpaired) electrons. The molecular formula is C20H19ClN2O2. The monoisotopic (exact) mass is 354 g/mol. The Balaban J connectivity index is 1.75. The van der Waals surface area contributed by atoms with Crippen molar-refractivity contribution >= 4 is 17.5 Å². The molecule has 0 atom stereocenters. The summed E-state index contributed by atoms with van der Waals surface area (Å²) in [6, 6.07) is 15.4. The average molecular weight is 355 g/mol. The standard InChI is InChI=1S/C20H19ClN2O2/c1-3-14-8-10-15(11-9-14)20-23-18(13(2)25-20)19(24)22-12-16-6-4-5-7-17(16)21/h4-11H,3,12H2,1-2H3,(H,22,24). The Labute approximate surface area is 151 Å². The van der Waals surface area contributed by atoms with Gasteiger partial charge in [-0.1, -0.05) is 48.9 Å². The highest BCUT2D eigenvalue weighted by Gasteiger charge is 2.18. The van der Waals surface area contributed by atoms with Crippen molar-refractivity contribution in [2.75, 3.05) is 0 Å². The molecular weight excluding hydrogens is 336 g/mol. The normalized spacial score (nSPS) is 10.7. The van der Waals surface area contributed by atoms with Crippen LogP contribution in [0.25, 0.3) is 11.5 Å². The Hall–Kier alpha value is -2.59. The number of halogens is 1. The third-order valence-electron chi connectivity index (χ3n) is 4.02. The molecule has 3 rings (SSSR count). The summed E-state index contributed by atoms with van der Waals surface area (Å²) in [7, 11) is 0. The first kappa shape index (κ1) is 17.2. The molecule has 5 heteroatoms. The number of nitrogens with zero attached hydrogens (tertiary/aromatic N) is 1. The molecule has 1 aromatic heterocycles. The summed E-state index contributed by atoms with van der Waals surface area (Å²) in [4.78, 5) is 16.8. The summed E-state index contributed by atoms with van der Waals surface area (Å²) in [5.41, 5.74) is 3.24. The van der Waals surface area contributed by atoms with Gasteiger partial charge in [-0.3, -0.25) is 4.79 Å². The predicted molar refractivity (Wildman–Crippen MR) is 98.7 cm³/mol. The van der Waals surface area contributed by atoms with Crippen LogP contribution in [0, 0.1) is 6.92 Å². The number of rotatable bonds is 5. The summed E-state index contributed by atoms with van der Waals surface area (Å²) in [6.07, 6.45) is 0.973. The molecule has 3 aromatic rings. The van der Waals surface area contributed by atoms with Gasteiger partial charge in [0.2, 0.25) is 5.89 Å². The van der Waals surface area contributed by atoms with Crippen LogP contribution < -0.4 is 5.32 Å². The molecule has 4 nitrogen and oxygen atoms in total. The van der Waals surface area contributed by atoms with Gasteiger partial charge in [-0.25, -0.2) is 4.98 Å². The van der Waals surface area contributed by atoms with Gasteiger partial charge in [0.1, 0.15) is 5.76 Å². The molecule has 2 aromatic carbocycles. The third-order valence-corrected chi connectivity index (χ3v) is 4.39. The predicted octanol–water partition coefficient (Wildman–Crippen LogP) is 4.80. The molecule has 128 valence electrons. The molecule has 0 spiro atoms. The van der Waals surface area contributed by atoms with Crippen molar-refractivity contribution in [2.45, 2.75) is 26.8 Å². The van der Waals surface area contributed by atoms with Crippen LogP contribution in [-0.4, -0.2) is 10.9 Å². The Bertz CT molecular complexity index is 885. The van der Waals surface area contributed by atoms with E-state index in [1.54, 1.807) is 13.0 Å². The molecule has 0 aliphatic rings. The molecule has 1 amide bonds. The Morgan fingerprint density at radius 1 is 1.16 bits per heavy atom. The smallest absolute Gasteiger partial charge is 0.273 e. The first-order chi connectivity index (χ1) is 12.1. The molecule has 0 aliphatic carbocycles. The number of amides is 1. The lowest BCUT2D eigenvalue weighted by Gasteiger charge is -2.05. The number of hydrogen-bond donors (Lipinski definition) is 1.